The van der Waals surface area contributed by atoms with Gasteiger partial charge in [0.1, 0.15) is 17.0 Å². The van der Waals surface area contributed by atoms with E-state index in [4.69, 9.17) is 9.40 Å². The van der Waals surface area contributed by atoms with Crippen molar-refractivity contribution >= 4 is 21.9 Å². The van der Waals surface area contributed by atoms with E-state index in [1.54, 1.807) is 12.1 Å². The molecule has 22 heavy (non-hydrogen) atoms. The van der Waals surface area contributed by atoms with Gasteiger partial charge < -0.3 is 9.52 Å². The Bertz CT molecular complexity index is 1010. The zero-order chi connectivity index (χ0) is 15.3. The van der Waals surface area contributed by atoms with E-state index in [0.29, 0.717) is 11.3 Å². The first-order chi connectivity index (χ1) is 10.6. The molecule has 108 valence electrons. The highest BCUT2D eigenvalue weighted by atomic mass is 16.3. The second kappa shape index (κ2) is 4.60. The van der Waals surface area contributed by atoms with Crippen LogP contribution >= 0.6 is 0 Å². The van der Waals surface area contributed by atoms with Crippen molar-refractivity contribution in [1.82, 2.24) is 4.98 Å². The predicted molar refractivity (Wildman–Crippen MR) is 88.1 cm³/mol. The summed E-state index contributed by atoms with van der Waals surface area (Å²) in [5.41, 5.74) is 4.83. The molecule has 3 nitrogen and oxygen atoms in total. The first-order valence-electron chi connectivity index (χ1n) is 7.22. The van der Waals surface area contributed by atoms with E-state index in [0.717, 1.165) is 27.5 Å². The minimum atomic E-state index is 0.200. The van der Waals surface area contributed by atoms with E-state index < -0.39 is 0 Å². The number of hydrogen-bond acceptors (Lipinski definition) is 3. The van der Waals surface area contributed by atoms with Crippen molar-refractivity contribution in [2.24, 2.45) is 0 Å². The third-order valence-corrected chi connectivity index (χ3v) is 4.03. The summed E-state index contributed by atoms with van der Waals surface area (Å²) >= 11 is 0. The van der Waals surface area contributed by atoms with Crippen LogP contribution < -0.4 is 0 Å². The van der Waals surface area contributed by atoms with Crippen molar-refractivity contribution in [1.29, 1.82) is 0 Å². The zero-order valence-corrected chi connectivity index (χ0v) is 12.4. The fourth-order valence-corrected chi connectivity index (χ4v) is 2.78. The van der Waals surface area contributed by atoms with E-state index in [-0.39, 0.29) is 5.75 Å². The van der Waals surface area contributed by atoms with E-state index in [1.165, 1.54) is 5.56 Å². The molecular formula is C19H15NO2. The van der Waals surface area contributed by atoms with Crippen LogP contribution in [0.5, 0.6) is 5.75 Å². The lowest BCUT2D eigenvalue weighted by atomic mass is 10.0. The van der Waals surface area contributed by atoms with E-state index in [9.17, 15) is 5.11 Å². The summed E-state index contributed by atoms with van der Waals surface area (Å²) in [4.78, 5) is 4.77. The molecule has 2 heterocycles. The van der Waals surface area contributed by atoms with Crippen molar-refractivity contribution in [3.05, 3.63) is 59.7 Å². The zero-order valence-electron chi connectivity index (χ0n) is 12.4. The summed E-state index contributed by atoms with van der Waals surface area (Å²) in [5.74, 6) is 0.912. The van der Waals surface area contributed by atoms with Crippen molar-refractivity contribution in [3.63, 3.8) is 0 Å². The van der Waals surface area contributed by atoms with Gasteiger partial charge in [-0.25, -0.2) is 4.98 Å². The number of aryl methyl sites for hydroxylation is 2. The van der Waals surface area contributed by atoms with Crippen LogP contribution in [0.15, 0.2) is 52.9 Å². The van der Waals surface area contributed by atoms with Crippen molar-refractivity contribution in [2.75, 3.05) is 0 Å². The molecule has 0 radical (unpaired) electrons. The normalized spacial score (nSPS) is 11.4. The predicted octanol–water partition coefficient (Wildman–Crippen LogP) is 4.97. The molecule has 0 spiro atoms. The van der Waals surface area contributed by atoms with Gasteiger partial charge in [-0.05, 0) is 49.2 Å². The van der Waals surface area contributed by atoms with E-state index in [1.807, 2.05) is 18.2 Å². The summed E-state index contributed by atoms with van der Waals surface area (Å²) in [7, 11) is 0. The SMILES string of the molecule is Cc1ccc(C)c2nc(-c3cc4ccc(O)cc4o3)ccc12. The van der Waals surface area contributed by atoms with E-state index >= 15 is 0 Å². The highest BCUT2D eigenvalue weighted by Gasteiger charge is 2.10. The molecule has 0 aliphatic carbocycles. The lowest BCUT2D eigenvalue weighted by Gasteiger charge is -2.06. The van der Waals surface area contributed by atoms with Crippen molar-refractivity contribution in [3.8, 4) is 17.2 Å². The molecular weight excluding hydrogens is 274 g/mol. The van der Waals surface area contributed by atoms with Gasteiger partial charge in [0.15, 0.2) is 5.76 Å². The molecule has 0 aliphatic heterocycles. The van der Waals surface area contributed by atoms with Crippen LogP contribution in [0.4, 0.5) is 0 Å². The van der Waals surface area contributed by atoms with Crippen molar-refractivity contribution < 1.29 is 9.52 Å². The first kappa shape index (κ1) is 12.9. The number of pyridine rings is 1. The molecule has 0 amide bonds. The Balaban J connectivity index is 1.94. The van der Waals surface area contributed by atoms with Gasteiger partial charge in [-0.3, -0.25) is 0 Å². The molecule has 0 aliphatic rings. The number of rotatable bonds is 1. The van der Waals surface area contributed by atoms with Gasteiger partial charge in [0, 0.05) is 16.8 Å². The maximum Gasteiger partial charge on any atom is 0.153 e. The third kappa shape index (κ3) is 1.94. The number of phenols is 1. The molecule has 0 bridgehead atoms. The van der Waals surface area contributed by atoms with Crippen LogP contribution in [-0.2, 0) is 0 Å². The molecule has 0 saturated heterocycles. The largest absolute Gasteiger partial charge is 0.508 e. The number of hydrogen-bond donors (Lipinski definition) is 1. The van der Waals surface area contributed by atoms with Crippen LogP contribution in [0.1, 0.15) is 11.1 Å². The maximum absolute atomic E-state index is 9.54. The van der Waals surface area contributed by atoms with Gasteiger partial charge in [-0.2, -0.15) is 0 Å². The molecule has 0 atom stereocenters. The van der Waals surface area contributed by atoms with Gasteiger partial charge in [-0.15, -0.1) is 0 Å². The number of nitrogens with zero attached hydrogens (tertiary/aromatic N) is 1. The smallest absolute Gasteiger partial charge is 0.153 e. The molecule has 0 saturated carbocycles. The first-order valence-corrected chi connectivity index (χ1v) is 7.22. The van der Waals surface area contributed by atoms with Crippen LogP contribution in [-0.4, -0.2) is 10.1 Å². The number of aromatic hydroxyl groups is 1. The minimum absolute atomic E-state index is 0.200. The Morgan fingerprint density at radius 3 is 2.59 bits per heavy atom. The average Bonchev–Trinajstić information content (AvgIpc) is 2.94. The summed E-state index contributed by atoms with van der Waals surface area (Å²) in [6.07, 6.45) is 0. The van der Waals surface area contributed by atoms with Gasteiger partial charge in [0.05, 0.1) is 5.52 Å². The monoisotopic (exact) mass is 289 g/mol. The number of fused-ring (bicyclic) bond motifs is 2. The lowest BCUT2D eigenvalue weighted by molar-refractivity contribution is 0.474. The Kier molecular flexibility index (Phi) is 2.70. The Hall–Kier alpha value is -2.81. The number of furan rings is 1. The molecule has 3 heteroatoms. The molecule has 0 unspecified atom stereocenters. The molecule has 0 fully saturated rings. The highest BCUT2D eigenvalue weighted by Crippen LogP contribution is 2.31. The quantitative estimate of drug-likeness (QED) is 0.538. The summed E-state index contributed by atoms with van der Waals surface area (Å²) < 4.78 is 5.83. The molecule has 4 aromatic rings. The number of benzene rings is 2. The Labute approximate surface area is 127 Å². The van der Waals surface area contributed by atoms with Gasteiger partial charge in [-0.1, -0.05) is 18.2 Å². The Morgan fingerprint density at radius 1 is 0.909 bits per heavy atom. The second-order valence-electron chi connectivity index (χ2n) is 5.62. The maximum atomic E-state index is 9.54. The molecule has 1 N–H and O–H groups in total. The number of aromatic nitrogens is 1. The molecule has 2 aromatic carbocycles. The number of phenolic OH excluding ortho intramolecular Hbond substituents is 1. The standard InChI is InChI=1S/C19H15NO2/c1-11-3-4-12(2)19-15(11)7-8-16(20-19)18-9-13-5-6-14(21)10-17(13)22-18/h3-10,21H,1-2H3. The molecule has 2 aromatic heterocycles. The highest BCUT2D eigenvalue weighted by molar-refractivity contribution is 5.88. The third-order valence-electron chi connectivity index (χ3n) is 4.03. The second-order valence-corrected chi connectivity index (χ2v) is 5.62. The fourth-order valence-electron chi connectivity index (χ4n) is 2.78. The summed E-state index contributed by atoms with van der Waals surface area (Å²) in [5, 5.41) is 11.7. The van der Waals surface area contributed by atoms with Crippen molar-refractivity contribution in [2.45, 2.75) is 13.8 Å². The van der Waals surface area contributed by atoms with Gasteiger partial charge in [0.2, 0.25) is 0 Å². The lowest BCUT2D eigenvalue weighted by Crippen LogP contribution is -1.89. The topological polar surface area (TPSA) is 46.3 Å². The van der Waals surface area contributed by atoms with Crippen LogP contribution in [0.25, 0.3) is 33.3 Å². The van der Waals surface area contributed by atoms with Gasteiger partial charge in [0.25, 0.3) is 0 Å². The summed E-state index contributed by atoms with van der Waals surface area (Å²) in [6, 6.07) is 15.3. The average molecular weight is 289 g/mol. The van der Waals surface area contributed by atoms with Crippen LogP contribution in [0.2, 0.25) is 0 Å². The van der Waals surface area contributed by atoms with Gasteiger partial charge >= 0.3 is 0 Å². The fraction of sp³-hybridized carbons (Fsp3) is 0.105. The summed E-state index contributed by atoms with van der Waals surface area (Å²) in [6.45, 7) is 4.16. The molecule has 4 rings (SSSR count). The van der Waals surface area contributed by atoms with Crippen LogP contribution in [0, 0.1) is 13.8 Å². The minimum Gasteiger partial charge on any atom is -0.508 e. The van der Waals surface area contributed by atoms with Crippen LogP contribution in [0.3, 0.4) is 0 Å². The van der Waals surface area contributed by atoms with E-state index in [2.05, 4.69) is 32.0 Å². The Morgan fingerprint density at radius 2 is 1.73 bits per heavy atom.